The largest absolute Gasteiger partial charge is 0.352 e. The molecule has 2 N–H and O–H groups in total. The van der Waals surface area contributed by atoms with Crippen molar-refractivity contribution in [1.29, 1.82) is 0 Å². The first-order valence-corrected chi connectivity index (χ1v) is 6.35. The summed E-state index contributed by atoms with van der Waals surface area (Å²) in [6.07, 6.45) is 6.26. The van der Waals surface area contributed by atoms with Gasteiger partial charge in [-0.25, -0.2) is 0 Å². The second-order valence-corrected chi connectivity index (χ2v) is 5.40. The molecule has 0 aromatic rings. The van der Waals surface area contributed by atoms with Gasteiger partial charge in [0, 0.05) is 18.5 Å². The van der Waals surface area contributed by atoms with Gasteiger partial charge in [0.05, 0.1) is 0 Å². The van der Waals surface area contributed by atoms with Crippen molar-refractivity contribution in [2.24, 2.45) is 17.8 Å². The minimum absolute atomic E-state index is 0. The van der Waals surface area contributed by atoms with Gasteiger partial charge in [0.2, 0.25) is 5.91 Å². The van der Waals surface area contributed by atoms with Gasteiger partial charge in [-0.05, 0) is 50.5 Å². The summed E-state index contributed by atoms with van der Waals surface area (Å²) in [4.78, 5) is 11.9. The average Bonchev–Trinajstić information content (AvgIpc) is 3.11. The Labute approximate surface area is 103 Å². The Morgan fingerprint density at radius 3 is 2.69 bits per heavy atom. The normalized spacial score (nSPS) is 37.4. The standard InChI is InChI=1S/C12H20N2O.ClH/c15-12(11-6-10(11)8-3-4-8)14-9-2-1-5-13-7-9;/h8-11,13H,1-7H2,(H,14,15);1H/t9-,10?,11?;/m0./s1. The molecule has 0 aromatic carbocycles. The van der Waals surface area contributed by atoms with Crippen LogP contribution in [0.5, 0.6) is 0 Å². The van der Waals surface area contributed by atoms with Crippen molar-refractivity contribution in [1.82, 2.24) is 10.6 Å². The number of piperidine rings is 1. The number of hydrogen-bond donors (Lipinski definition) is 2. The fraction of sp³-hybridized carbons (Fsp3) is 0.917. The predicted molar refractivity (Wildman–Crippen MR) is 65.6 cm³/mol. The van der Waals surface area contributed by atoms with Crippen molar-refractivity contribution < 1.29 is 4.79 Å². The Kier molecular flexibility index (Phi) is 3.75. The van der Waals surface area contributed by atoms with Crippen LogP contribution in [-0.4, -0.2) is 25.0 Å². The summed E-state index contributed by atoms with van der Waals surface area (Å²) < 4.78 is 0. The number of rotatable bonds is 3. The summed E-state index contributed by atoms with van der Waals surface area (Å²) in [5, 5.41) is 6.52. The molecule has 1 amide bonds. The van der Waals surface area contributed by atoms with Crippen molar-refractivity contribution in [3.63, 3.8) is 0 Å². The maximum atomic E-state index is 11.9. The number of hydrogen-bond acceptors (Lipinski definition) is 2. The molecule has 2 unspecified atom stereocenters. The van der Waals surface area contributed by atoms with E-state index in [9.17, 15) is 4.79 Å². The molecule has 1 aliphatic heterocycles. The molecule has 1 heterocycles. The van der Waals surface area contributed by atoms with Crippen molar-refractivity contribution in [3.8, 4) is 0 Å². The van der Waals surface area contributed by atoms with Crippen LogP contribution < -0.4 is 10.6 Å². The van der Waals surface area contributed by atoms with Crippen molar-refractivity contribution in [2.45, 2.75) is 38.1 Å². The van der Waals surface area contributed by atoms with E-state index in [0.29, 0.717) is 17.9 Å². The lowest BCUT2D eigenvalue weighted by Crippen LogP contribution is -2.46. The zero-order chi connectivity index (χ0) is 10.3. The van der Waals surface area contributed by atoms with E-state index in [1.807, 2.05) is 0 Å². The molecule has 3 aliphatic rings. The Bertz CT molecular complexity index is 262. The second-order valence-electron chi connectivity index (χ2n) is 5.40. The molecule has 2 saturated carbocycles. The zero-order valence-corrected chi connectivity index (χ0v) is 10.4. The maximum absolute atomic E-state index is 11.9. The summed E-state index contributed by atoms with van der Waals surface area (Å²) in [7, 11) is 0. The van der Waals surface area contributed by atoms with Crippen molar-refractivity contribution >= 4 is 18.3 Å². The molecule has 3 rings (SSSR count). The lowest BCUT2D eigenvalue weighted by molar-refractivity contribution is -0.123. The molecule has 92 valence electrons. The summed E-state index contributed by atoms with van der Waals surface area (Å²) in [6, 6.07) is 0.395. The van der Waals surface area contributed by atoms with Crippen LogP contribution in [-0.2, 0) is 4.79 Å². The summed E-state index contributed by atoms with van der Waals surface area (Å²) in [5.74, 6) is 2.37. The Morgan fingerprint density at radius 2 is 2.06 bits per heavy atom. The second kappa shape index (κ2) is 4.92. The number of nitrogens with one attached hydrogen (secondary N) is 2. The molecule has 16 heavy (non-hydrogen) atoms. The highest BCUT2D eigenvalue weighted by Gasteiger charge is 2.51. The topological polar surface area (TPSA) is 41.1 Å². The van der Waals surface area contributed by atoms with E-state index in [0.717, 1.165) is 37.8 Å². The number of amides is 1. The smallest absolute Gasteiger partial charge is 0.223 e. The lowest BCUT2D eigenvalue weighted by Gasteiger charge is -2.23. The molecule has 0 aromatic heterocycles. The summed E-state index contributed by atoms with van der Waals surface area (Å²) >= 11 is 0. The Hall–Kier alpha value is -0.280. The van der Waals surface area contributed by atoms with E-state index in [-0.39, 0.29) is 12.4 Å². The van der Waals surface area contributed by atoms with Gasteiger partial charge in [0.25, 0.3) is 0 Å². The minimum Gasteiger partial charge on any atom is -0.352 e. The number of carbonyl (C=O) groups is 1. The molecule has 2 aliphatic carbocycles. The van der Waals surface area contributed by atoms with Crippen LogP contribution in [0.1, 0.15) is 32.1 Å². The fourth-order valence-corrected chi connectivity index (χ4v) is 2.84. The quantitative estimate of drug-likeness (QED) is 0.786. The highest BCUT2D eigenvalue weighted by molar-refractivity contribution is 5.85. The Morgan fingerprint density at radius 1 is 1.25 bits per heavy atom. The zero-order valence-electron chi connectivity index (χ0n) is 9.58. The third-order valence-electron chi connectivity index (χ3n) is 4.05. The van der Waals surface area contributed by atoms with Gasteiger partial charge >= 0.3 is 0 Å². The molecular weight excluding hydrogens is 224 g/mol. The monoisotopic (exact) mass is 244 g/mol. The van der Waals surface area contributed by atoms with Gasteiger partial charge in [-0.1, -0.05) is 0 Å². The third-order valence-corrected chi connectivity index (χ3v) is 4.05. The van der Waals surface area contributed by atoms with Crippen LogP contribution >= 0.6 is 12.4 Å². The van der Waals surface area contributed by atoms with Gasteiger partial charge in [-0.2, -0.15) is 0 Å². The summed E-state index contributed by atoms with van der Waals surface area (Å²) in [6.45, 7) is 2.08. The first-order valence-electron chi connectivity index (χ1n) is 6.35. The molecule has 3 fully saturated rings. The average molecular weight is 245 g/mol. The van der Waals surface area contributed by atoms with Crippen LogP contribution in [0.15, 0.2) is 0 Å². The molecule has 0 bridgehead atoms. The van der Waals surface area contributed by atoms with E-state index < -0.39 is 0 Å². The Balaban J connectivity index is 0.000000963. The van der Waals surface area contributed by atoms with Gasteiger partial charge in [0.1, 0.15) is 0 Å². The van der Waals surface area contributed by atoms with E-state index in [1.54, 1.807) is 0 Å². The van der Waals surface area contributed by atoms with E-state index in [2.05, 4.69) is 10.6 Å². The van der Waals surface area contributed by atoms with Gasteiger partial charge in [-0.15, -0.1) is 12.4 Å². The third kappa shape index (κ3) is 2.69. The summed E-state index contributed by atoms with van der Waals surface area (Å²) in [5.41, 5.74) is 0. The fourth-order valence-electron chi connectivity index (χ4n) is 2.84. The van der Waals surface area contributed by atoms with Crippen LogP contribution in [0.3, 0.4) is 0 Å². The van der Waals surface area contributed by atoms with Crippen molar-refractivity contribution in [2.75, 3.05) is 13.1 Å². The van der Waals surface area contributed by atoms with Crippen LogP contribution in [0.25, 0.3) is 0 Å². The van der Waals surface area contributed by atoms with Gasteiger partial charge in [-0.3, -0.25) is 4.79 Å². The molecule has 1 saturated heterocycles. The SMILES string of the molecule is Cl.O=C(N[C@H]1CCCNC1)C1CC1C1CC1. The number of halogens is 1. The van der Waals surface area contributed by atoms with Gasteiger partial charge < -0.3 is 10.6 Å². The predicted octanol–water partition coefficient (Wildman–Crippen LogP) is 1.32. The van der Waals surface area contributed by atoms with E-state index in [4.69, 9.17) is 0 Å². The van der Waals surface area contributed by atoms with Crippen LogP contribution in [0.2, 0.25) is 0 Å². The van der Waals surface area contributed by atoms with E-state index >= 15 is 0 Å². The highest BCUT2D eigenvalue weighted by Crippen LogP contribution is 2.54. The first-order chi connectivity index (χ1) is 7.34. The first kappa shape index (κ1) is 12.2. The molecule has 3 nitrogen and oxygen atoms in total. The minimum atomic E-state index is 0. The molecule has 0 radical (unpaired) electrons. The van der Waals surface area contributed by atoms with Crippen LogP contribution in [0.4, 0.5) is 0 Å². The van der Waals surface area contributed by atoms with E-state index in [1.165, 1.54) is 19.3 Å². The van der Waals surface area contributed by atoms with Crippen molar-refractivity contribution in [3.05, 3.63) is 0 Å². The molecule has 3 atom stereocenters. The number of carbonyl (C=O) groups excluding carboxylic acids is 1. The highest BCUT2D eigenvalue weighted by atomic mass is 35.5. The molecular formula is C12H21ClN2O. The maximum Gasteiger partial charge on any atom is 0.223 e. The molecule has 4 heteroatoms. The lowest BCUT2D eigenvalue weighted by atomic mass is 10.1. The van der Waals surface area contributed by atoms with Gasteiger partial charge in [0.15, 0.2) is 0 Å². The van der Waals surface area contributed by atoms with Crippen LogP contribution in [0, 0.1) is 17.8 Å². The molecule has 0 spiro atoms.